The molecule has 0 saturated heterocycles. The minimum atomic E-state index is -0.232. The van der Waals surface area contributed by atoms with Crippen molar-refractivity contribution < 1.29 is 0 Å². The molecule has 4 aromatic carbocycles. The van der Waals surface area contributed by atoms with Crippen LogP contribution < -0.4 is 0 Å². The second-order valence-electron chi connectivity index (χ2n) is 12.7. The summed E-state index contributed by atoms with van der Waals surface area (Å²) in [5.41, 5.74) is 13.5. The molecular weight excluding hydrogens is 573 g/mol. The molecule has 4 heterocycles. The van der Waals surface area contributed by atoms with E-state index in [0.29, 0.717) is 0 Å². The molecule has 8 aromatic rings. The maximum atomic E-state index is 5.38. The van der Waals surface area contributed by atoms with Crippen molar-refractivity contribution in [2.45, 2.75) is 19.3 Å². The van der Waals surface area contributed by atoms with Crippen LogP contribution in [0.3, 0.4) is 0 Å². The Bertz CT molecular complexity index is 2430. The molecule has 9 rings (SSSR count). The van der Waals surface area contributed by atoms with Crippen LogP contribution in [-0.2, 0) is 5.41 Å². The van der Waals surface area contributed by atoms with Crippen molar-refractivity contribution in [1.29, 1.82) is 0 Å². The Labute approximate surface area is 273 Å². The van der Waals surface area contributed by atoms with Crippen LogP contribution in [0.25, 0.3) is 78.0 Å². The van der Waals surface area contributed by atoms with Gasteiger partial charge in [-0.25, -0.2) is 9.97 Å². The molecule has 0 amide bonds. The summed E-state index contributed by atoms with van der Waals surface area (Å²) >= 11 is 0. The van der Waals surface area contributed by atoms with Crippen LogP contribution in [-0.4, -0.2) is 19.9 Å². The molecule has 0 unspecified atom stereocenters. The molecule has 222 valence electrons. The molecule has 0 atom stereocenters. The third-order valence-corrected chi connectivity index (χ3v) is 9.52. The summed E-state index contributed by atoms with van der Waals surface area (Å²) in [5.74, 6) is 0. The first-order valence-electron chi connectivity index (χ1n) is 16.0. The van der Waals surface area contributed by atoms with Crippen LogP contribution in [0.15, 0.2) is 146 Å². The quantitative estimate of drug-likeness (QED) is 0.188. The molecule has 0 saturated carbocycles. The van der Waals surface area contributed by atoms with E-state index in [-0.39, 0.29) is 5.41 Å². The number of hydrogen-bond acceptors (Lipinski definition) is 4. The van der Waals surface area contributed by atoms with Crippen molar-refractivity contribution in [1.82, 2.24) is 19.9 Å². The maximum absolute atomic E-state index is 5.38. The number of aromatic nitrogens is 4. The van der Waals surface area contributed by atoms with Gasteiger partial charge >= 0.3 is 0 Å². The normalized spacial score (nSPS) is 13.1. The van der Waals surface area contributed by atoms with Gasteiger partial charge in [0.25, 0.3) is 0 Å². The van der Waals surface area contributed by atoms with Gasteiger partial charge in [0.1, 0.15) is 0 Å². The second-order valence-corrected chi connectivity index (χ2v) is 12.7. The number of benzene rings is 4. The first-order valence-corrected chi connectivity index (χ1v) is 16.0. The van der Waals surface area contributed by atoms with Gasteiger partial charge in [-0.05, 0) is 92.7 Å². The Balaban J connectivity index is 1.33. The highest BCUT2D eigenvalue weighted by Crippen LogP contribution is 2.54. The lowest BCUT2D eigenvalue weighted by Gasteiger charge is -2.26. The summed E-state index contributed by atoms with van der Waals surface area (Å²) in [7, 11) is 0. The highest BCUT2D eigenvalue weighted by molar-refractivity contribution is 6.16. The van der Waals surface area contributed by atoms with Crippen molar-refractivity contribution in [3.05, 3.63) is 157 Å². The van der Waals surface area contributed by atoms with Gasteiger partial charge in [0.2, 0.25) is 0 Å². The fourth-order valence-corrected chi connectivity index (χ4v) is 7.34. The molecule has 4 heteroatoms. The summed E-state index contributed by atoms with van der Waals surface area (Å²) in [4.78, 5) is 19.7. The smallest absolute Gasteiger partial charge is 0.0900 e. The maximum Gasteiger partial charge on any atom is 0.0900 e. The van der Waals surface area contributed by atoms with Gasteiger partial charge in [-0.3, -0.25) is 9.97 Å². The minimum absolute atomic E-state index is 0.232. The molecule has 0 bridgehead atoms. The third kappa shape index (κ3) is 4.37. The van der Waals surface area contributed by atoms with Gasteiger partial charge in [-0.15, -0.1) is 0 Å². The van der Waals surface area contributed by atoms with Crippen LogP contribution in [0.2, 0.25) is 0 Å². The summed E-state index contributed by atoms with van der Waals surface area (Å²) in [5, 5.41) is 3.62. The molecule has 4 nitrogen and oxygen atoms in total. The Hall–Kier alpha value is -6.00. The third-order valence-electron chi connectivity index (χ3n) is 9.52. The fourth-order valence-electron chi connectivity index (χ4n) is 7.34. The fraction of sp³-hybridized carbons (Fsp3) is 0.0698. The summed E-state index contributed by atoms with van der Waals surface area (Å²) in [6.45, 7) is 4.68. The molecular formula is C43H30N4. The molecule has 0 aliphatic heterocycles. The van der Waals surface area contributed by atoms with Gasteiger partial charge in [0.05, 0.1) is 34.0 Å². The Kier molecular flexibility index (Phi) is 6.12. The second kappa shape index (κ2) is 10.5. The summed E-state index contributed by atoms with van der Waals surface area (Å²) < 4.78 is 0. The monoisotopic (exact) mass is 602 g/mol. The van der Waals surface area contributed by atoms with E-state index in [2.05, 4.69) is 121 Å². The zero-order chi connectivity index (χ0) is 31.5. The number of pyridine rings is 4. The van der Waals surface area contributed by atoms with Crippen molar-refractivity contribution in [2.24, 2.45) is 0 Å². The lowest BCUT2D eigenvalue weighted by atomic mass is 9.77. The van der Waals surface area contributed by atoms with E-state index in [4.69, 9.17) is 9.97 Å². The molecule has 1 aliphatic carbocycles. The Morgan fingerprint density at radius 2 is 1.19 bits per heavy atom. The van der Waals surface area contributed by atoms with Crippen LogP contribution >= 0.6 is 0 Å². The Morgan fingerprint density at radius 1 is 0.511 bits per heavy atom. The number of hydrogen-bond donors (Lipinski definition) is 0. The molecule has 47 heavy (non-hydrogen) atoms. The van der Waals surface area contributed by atoms with Crippen LogP contribution in [0, 0.1) is 0 Å². The zero-order valence-electron chi connectivity index (χ0n) is 26.1. The summed E-state index contributed by atoms with van der Waals surface area (Å²) in [6, 6.07) is 46.8. The SMILES string of the molecule is CC1(C)c2ccccc2-c2nc3ccc4ccccc4c3c(-c3cccc(-c4cc(-c5ccccn5)nc(-c5ccccn5)c4)c3)c21. The molecule has 0 radical (unpaired) electrons. The van der Waals surface area contributed by atoms with Gasteiger partial charge < -0.3 is 0 Å². The van der Waals surface area contributed by atoms with Crippen LogP contribution in [0.5, 0.6) is 0 Å². The molecule has 0 N–H and O–H groups in total. The molecule has 0 fully saturated rings. The van der Waals surface area contributed by atoms with E-state index < -0.39 is 0 Å². The number of nitrogens with zero attached hydrogens (tertiary/aromatic N) is 4. The van der Waals surface area contributed by atoms with E-state index in [1.807, 2.05) is 48.8 Å². The Morgan fingerprint density at radius 3 is 1.94 bits per heavy atom. The van der Waals surface area contributed by atoms with Crippen LogP contribution in [0.4, 0.5) is 0 Å². The van der Waals surface area contributed by atoms with E-state index in [0.717, 1.165) is 45.1 Å². The average molecular weight is 603 g/mol. The van der Waals surface area contributed by atoms with E-state index in [1.165, 1.54) is 44.0 Å². The van der Waals surface area contributed by atoms with Gasteiger partial charge in [0.15, 0.2) is 0 Å². The summed E-state index contributed by atoms with van der Waals surface area (Å²) in [6.07, 6.45) is 3.62. The number of rotatable bonds is 4. The first-order chi connectivity index (χ1) is 23.1. The van der Waals surface area contributed by atoms with Crippen LogP contribution in [0.1, 0.15) is 25.0 Å². The molecule has 4 aromatic heterocycles. The zero-order valence-corrected chi connectivity index (χ0v) is 26.1. The standard InChI is InChI=1S/C43H30N4/c1-43(2)33-17-6-5-16-32(33)42-41(43)39(40-31-15-4-3-12-27(31)20-21-36(40)47-42)29-14-11-13-28(24-29)30-25-37(34-18-7-9-22-44-34)46-38(26-30)35-19-8-10-23-45-35/h3-26H,1-2H3. The first kappa shape index (κ1) is 27.3. The predicted octanol–water partition coefficient (Wildman–Crippen LogP) is 10.5. The topological polar surface area (TPSA) is 51.6 Å². The lowest BCUT2D eigenvalue weighted by molar-refractivity contribution is 0.662. The highest BCUT2D eigenvalue weighted by atomic mass is 14.8. The minimum Gasteiger partial charge on any atom is -0.255 e. The largest absolute Gasteiger partial charge is 0.255 e. The predicted molar refractivity (Wildman–Crippen MR) is 192 cm³/mol. The molecule has 0 spiro atoms. The number of fused-ring (bicyclic) bond motifs is 6. The van der Waals surface area contributed by atoms with Gasteiger partial charge in [-0.1, -0.05) is 98.8 Å². The van der Waals surface area contributed by atoms with Crippen molar-refractivity contribution in [3.63, 3.8) is 0 Å². The van der Waals surface area contributed by atoms with Crippen molar-refractivity contribution in [3.8, 4) is 56.3 Å². The average Bonchev–Trinajstić information content (AvgIpc) is 3.37. The highest BCUT2D eigenvalue weighted by Gasteiger charge is 2.39. The van der Waals surface area contributed by atoms with E-state index in [9.17, 15) is 0 Å². The van der Waals surface area contributed by atoms with E-state index >= 15 is 0 Å². The lowest BCUT2D eigenvalue weighted by Crippen LogP contribution is -2.16. The molecule has 1 aliphatic rings. The van der Waals surface area contributed by atoms with Gasteiger partial charge in [-0.2, -0.15) is 0 Å². The van der Waals surface area contributed by atoms with Crippen molar-refractivity contribution >= 4 is 21.7 Å². The van der Waals surface area contributed by atoms with Gasteiger partial charge in [0, 0.05) is 28.8 Å². The van der Waals surface area contributed by atoms with Crippen molar-refractivity contribution in [2.75, 3.05) is 0 Å². The van der Waals surface area contributed by atoms with E-state index in [1.54, 1.807) is 0 Å².